The van der Waals surface area contributed by atoms with Crippen molar-refractivity contribution in [3.63, 3.8) is 0 Å². The van der Waals surface area contributed by atoms with Gasteiger partial charge >= 0.3 is 24.6 Å². The fraction of sp³-hybridized carbons (Fsp3) is 0.353. The van der Waals surface area contributed by atoms with Gasteiger partial charge in [-0.05, 0) is 172 Å². The summed E-state index contributed by atoms with van der Waals surface area (Å²) in [7, 11) is 2.63. The molecule has 0 fully saturated rings. The highest BCUT2D eigenvalue weighted by Crippen LogP contribution is 2.35. The molecule has 0 aromatic heterocycles. The predicted octanol–water partition coefficient (Wildman–Crippen LogP) is 12.2. The minimum atomic E-state index is -4.91. The zero-order valence-corrected chi connectivity index (χ0v) is 44.5. The van der Waals surface area contributed by atoms with Crippen LogP contribution in [0.1, 0.15) is 62.3 Å². The number of rotatable bonds is 11. The average molecular weight is 1050 g/mol. The van der Waals surface area contributed by atoms with Crippen molar-refractivity contribution in [2.45, 2.75) is 110 Å². The van der Waals surface area contributed by atoms with E-state index < -0.39 is 68.2 Å². The van der Waals surface area contributed by atoms with E-state index in [0.29, 0.717) is 17.2 Å². The normalized spacial score (nSPS) is 11.7. The number of alkyl halides is 3. The van der Waals surface area contributed by atoms with Gasteiger partial charge in [0.1, 0.15) is 34.1 Å². The van der Waals surface area contributed by atoms with E-state index in [1.807, 2.05) is 30.3 Å². The van der Waals surface area contributed by atoms with Crippen molar-refractivity contribution in [3.05, 3.63) is 121 Å². The monoisotopic (exact) mass is 1050 g/mol. The third-order valence-electron chi connectivity index (χ3n) is 8.27. The van der Waals surface area contributed by atoms with Crippen LogP contribution in [-0.2, 0) is 47.0 Å². The van der Waals surface area contributed by atoms with E-state index in [-0.39, 0.29) is 0 Å². The third-order valence-corrected chi connectivity index (χ3v) is 12.3. The fourth-order valence-corrected chi connectivity index (χ4v) is 8.86. The SMILES string of the molecule is CC(C)(C)OC(=O)Oc1ccc([S+](c2ccc(OC(=O)OC(C)(C)C)cc2)c2cccc(OC(=O)OC(C)(C)C)c2)cc1.CN(C)c1ccc([SH+]c2ccc(N(C)C)cc2)cc1.O=S(=O)(O)CC(F)(F)F. The van der Waals surface area contributed by atoms with E-state index in [9.17, 15) is 36.0 Å². The van der Waals surface area contributed by atoms with Gasteiger partial charge in [0.05, 0.1) is 10.9 Å². The molecule has 0 aliphatic rings. The maximum Gasteiger partial charge on any atom is 0.514 e. The van der Waals surface area contributed by atoms with Crippen LogP contribution in [0, 0.1) is 0 Å². The Morgan fingerprint density at radius 2 is 0.859 bits per heavy atom. The van der Waals surface area contributed by atoms with Crippen molar-refractivity contribution in [3.8, 4) is 17.2 Å². The van der Waals surface area contributed by atoms with Gasteiger partial charge in [0.25, 0.3) is 10.1 Å². The predicted molar refractivity (Wildman–Crippen MR) is 271 cm³/mol. The highest BCUT2D eigenvalue weighted by Gasteiger charge is 2.34. The average Bonchev–Trinajstić information content (AvgIpc) is 3.20. The molecule has 20 heteroatoms. The first kappa shape index (κ1) is 59.2. The van der Waals surface area contributed by atoms with E-state index in [2.05, 4.69) is 86.5 Å². The second kappa shape index (κ2) is 25.3. The van der Waals surface area contributed by atoms with Crippen molar-refractivity contribution in [1.82, 2.24) is 0 Å². The van der Waals surface area contributed by atoms with Crippen LogP contribution in [0.3, 0.4) is 0 Å². The number of carbonyl (C=O) groups excluding carboxylic acids is 3. The Balaban J connectivity index is 0.000000387. The van der Waals surface area contributed by atoms with Crippen molar-refractivity contribution in [2.75, 3.05) is 43.7 Å². The zero-order chi connectivity index (χ0) is 53.5. The summed E-state index contributed by atoms with van der Waals surface area (Å²) in [5, 5.41) is 0. The molecule has 0 aliphatic carbocycles. The van der Waals surface area contributed by atoms with Gasteiger partial charge in [-0.25, -0.2) is 14.4 Å². The second-order valence-corrected chi connectivity index (χ2v) is 23.4. The zero-order valence-electron chi connectivity index (χ0n) is 42.0. The second-order valence-electron chi connectivity index (χ2n) is 18.7. The summed E-state index contributed by atoms with van der Waals surface area (Å²) in [4.78, 5) is 46.1. The van der Waals surface area contributed by atoms with E-state index in [1.165, 1.54) is 32.9 Å². The molecule has 0 radical (unpaired) electrons. The molecule has 0 aliphatic heterocycles. The first-order valence-electron chi connectivity index (χ1n) is 21.7. The Labute approximate surface area is 421 Å². The van der Waals surface area contributed by atoms with Gasteiger partial charge in [-0.2, -0.15) is 21.6 Å². The van der Waals surface area contributed by atoms with E-state index in [4.69, 9.17) is 33.0 Å². The van der Waals surface area contributed by atoms with Gasteiger partial charge in [-0.3, -0.25) is 4.55 Å². The van der Waals surface area contributed by atoms with E-state index >= 15 is 0 Å². The Hall–Kier alpha value is -6.09. The van der Waals surface area contributed by atoms with Crippen LogP contribution >= 0.6 is 0 Å². The number of benzene rings is 5. The number of anilines is 2. The molecule has 1 N–H and O–H groups in total. The van der Waals surface area contributed by atoms with Crippen molar-refractivity contribution in [1.29, 1.82) is 0 Å². The van der Waals surface area contributed by atoms with Crippen molar-refractivity contribution in [2.24, 2.45) is 0 Å². The molecule has 0 heterocycles. The first-order chi connectivity index (χ1) is 32.6. The smallest absolute Gasteiger partial charge is 0.428 e. The number of ether oxygens (including phenoxy) is 6. The van der Waals surface area contributed by atoms with Gasteiger partial charge in [0.2, 0.25) is 0 Å². The maximum absolute atomic E-state index is 12.3. The molecule has 0 amide bonds. The fourth-order valence-electron chi connectivity index (χ4n) is 5.47. The van der Waals surface area contributed by atoms with Crippen molar-refractivity contribution >= 4 is 62.6 Å². The van der Waals surface area contributed by atoms with Crippen LogP contribution in [0.5, 0.6) is 17.2 Å². The molecule has 0 saturated heterocycles. The van der Waals surface area contributed by atoms with E-state index in [1.54, 1.807) is 105 Å². The van der Waals surface area contributed by atoms with Gasteiger partial charge in [0, 0.05) is 57.4 Å². The third kappa shape index (κ3) is 24.1. The molecule has 0 bridgehead atoms. The number of hydrogen-bond acceptors (Lipinski definition) is 13. The first-order valence-corrected chi connectivity index (χ1v) is 25.4. The summed E-state index contributed by atoms with van der Waals surface area (Å²) in [6.07, 6.45) is -7.26. The molecular formula is C51H63F3N2O12S3+2. The lowest BCUT2D eigenvalue weighted by Crippen LogP contribution is -2.26. The number of carbonyl (C=O) groups is 3. The van der Waals surface area contributed by atoms with Crippen LogP contribution in [0.25, 0.3) is 0 Å². The molecule has 5 rings (SSSR count). The molecule has 5 aromatic carbocycles. The number of nitrogens with zero attached hydrogens (tertiary/aromatic N) is 2. The Kier molecular flexibility index (Phi) is 21.1. The minimum Gasteiger partial charge on any atom is -0.428 e. The minimum absolute atomic E-state index is 0.319. The lowest BCUT2D eigenvalue weighted by atomic mass is 10.2. The van der Waals surface area contributed by atoms with E-state index in [0.717, 1.165) is 14.7 Å². The van der Waals surface area contributed by atoms with Crippen LogP contribution in [0.2, 0.25) is 0 Å². The summed E-state index contributed by atoms with van der Waals surface area (Å²) in [5.74, 6) is -1.21. The van der Waals surface area contributed by atoms with Crippen molar-refractivity contribution < 1.29 is 68.9 Å². The lowest BCUT2D eigenvalue weighted by Gasteiger charge is -2.19. The Bertz CT molecular complexity index is 2490. The molecule has 71 heavy (non-hydrogen) atoms. The quantitative estimate of drug-likeness (QED) is 0.0331. The number of thiol groups is 1. The molecule has 5 aromatic rings. The molecule has 386 valence electrons. The molecule has 0 unspecified atom stereocenters. The molecule has 14 nitrogen and oxygen atoms in total. The molecule has 0 spiro atoms. The standard InChI is InChI=1S/C33H39O9S.C16H20N2S.C2H3F3O3S/c1-31(2,3)40-28(34)37-22-13-17-25(18-14-22)43(26-19-15-23(16-20-26)38-29(35)41-32(4,5)6)27-12-10-11-24(21-27)39-30(36)42-33(7,8)9;1-17(2)13-5-9-15(10-6-13)19-16-11-7-14(8-12-16)18(3)4;3-2(4,5)1-9(6,7)8/h10-21H,1-9H3;5-12H,1-4H3;1H2,(H,6,7,8)/q+1;;/p+1. The molecule has 0 saturated carbocycles. The van der Waals surface area contributed by atoms with Crippen LogP contribution in [-0.4, -0.2) is 88.4 Å². The Morgan fingerprint density at radius 3 is 1.14 bits per heavy atom. The highest BCUT2D eigenvalue weighted by molar-refractivity contribution is 7.97. The largest absolute Gasteiger partial charge is 0.514 e. The Morgan fingerprint density at radius 1 is 0.521 bits per heavy atom. The van der Waals surface area contributed by atoms with Gasteiger partial charge in [-0.1, -0.05) is 6.07 Å². The molecule has 0 atom stereocenters. The van der Waals surface area contributed by atoms with Crippen LogP contribution in [0.15, 0.2) is 146 Å². The summed E-state index contributed by atoms with van der Waals surface area (Å²) < 4.78 is 91.5. The summed E-state index contributed by atoms with van der Waals surface area (Å²) in [5.41, 5.74) is 0.402. The number of halogens is 3. The summed E-state index contributed by atoms with van der Waals surface area (Å²) in [6, 6.07) is 38.7. The highest BCUT2D eigenvalue weighted by atomic mass is 32.2. The van der Waals surface area contributed by atoms with Gasteiger partial charge in [0.15, 0.2) is 30.2 Å². The van der Waals surface area contributed by atoms with Gasteiger partial charge < -0.3 is 38.2 Å². The lowest BCUT2D eigenvalue weighted by molar-refractivity contribution is -0.107. The summed E-state index contributed by atoms with van der Waals surface area (Å²) in [6.45, 7) is 15.8. The number of hydrogen-bond donors (Lipinski definition) is 1. The van der Waals surface area contributed by atoms with Crippen LogP contribution in [0.4, 0.5) is 38.9 Å². The maximum atomic E-state index is 12.3. The van der Waals surface area contributed by atoms with Crippen LogP contribution < -0.4 is 24.0 Å². The summed E-state index contributed by atoms with van der Waals surface area (Å²) >= 11 is 1.26. The van der Waals surface area contributed by atoms with Gasteiger partial charge in [-0.15, -0.1) is 0 Å². The molecular weight excluding hydrogens is 986 g/mol. The topological polar surface area (TPSA) is 167 Å².